The zero-order chi connectivity index (χ0) is 15.0. The number of aryl methyl sites for hydroxylation is 2. The summed E-state index contributed by atoms with van der Waals surface area (Å²) < 4.78 is 0. The van der Waals surface area contributed by atoms with Crippen molar-refractivity contribution in [3.05, 3.63) is 41.1 Å². The van der Waals surface area contributed by atoms with Gasteiger partial charge in [0.05, 0.1) is 16.6 Å². The molecule has 0 amide bonds. The first kappa shape index (κ1) is 13.7. The summed E-state index contributed by atoms with van der Waals surface area (Å²) in [6, 6.07) is 8.46. The highest BCUT2D eigenvalue weighted by atomic mass is 32.2. The van der Waals surface area contributed by atoms with Crippen LogP contribution in [0.2, 0.25) is 0 Å². The highest BCUT2D eigenvalue weighted by Gasteiger charge is 2.16. The second-order valence-corrected chi connectivity index (χ2v) is 5.69. The number of hydrogen-bond donors (Lipinski definition) is 1. The Bertz CT molecular complexity index is 874. The first-order chi connectivity index (χ1) is 10.1. The maximum absolute atomic E-state index is 9.31. The number of rotatable bonds is 2. The Morgan fingerprint density at radius 3 is 2.71 bits per heavy atom. The minimum atomic E-state index is 0.577. The van der Waals surface area contributed by atoms with Gasteiger partial charge in [0.25, 0.3) is 0 Å². The number of aromatic amines is 1. The smallest absolute Gasteiger partial charge is 0.189 e. The second-order valence-electron chi connectivity index (χ2n) is 4.92. The Labute approximate surface area is 127 Å². The average Bonchev–Trinajstić information content (AvgIpc) is 2.89. The molecule has 0 fully saturated rings. The normalized spacial score (nSPS) is 10.8. The highest BCUT2D eigenvalue weighted by Crippen LogP contribution is 2.32. The third-order valence-electron chi connectivity index (χ3n) is 3.45. The molecular weight excluding hydrogens is 280 g/mol. The van der Waals surface area contributed by atoms with Crippen molar-refractivity contribution in [3.63, 3.8) is 0 Å². The van der Waals surface area contributed by atoms with E-state index in [1.54, 1.807) is 6.20 Å². The molecule has 0 saturated carbocycles. The lowest BCUT2D eigenvalue weighted by Gasteiger charge is -2.09. The van der Waals surface area contributed by atoms with Gasteiger partial charge < -0.3 is 4.98 Å². The molecule has 0 aliphatic heterocycles. The predicted molar refractivity (Wildman–Crippen MR) is 85.3 cm³/mol. The van der Waals surface area contributed by atoms with Crippen LogP contribution in [-0.2, 0) is 0 Å². The molecule has 1 N–H and O–H groups in total. The van der Waals surface area contributed by atoms with Gasteiger partial charge in [0.1, 0.15) is 11.7 Å². The fourth-order valence-corrected chi connectivity index (χ4v) is 2.83. The summed E-state index contributed by atoms with van der Waals surface area (Å²) in [5.41, 5.74) is 5.50. The first-order valence-electron chi connectivity index (χ1n) is 6.55. The van der Waals surface area contributed by atoms with E-state index in [-0.39, 0.29) is 0 Å². The van der Waals surface area contributed by atoms with Crippen LogP contribution in [0.1, 0.15) is 16.7 Å². The van der Waals surface area contributed by atoms with Gasteiger partial charge in [-0.3, -0.25) is 0 Å². The number of thioether (sulfide) groups is 1. The van der Waals surface area contributed by atoms with E-state index in [0.29, 0.717) is 16.4 Å². The summed E-state index contributed by atoms with van der Waals surface area (Å²) in [6.07, 6.45) is 3.64. The maximum atomic E-state index is 9.31. The van der Waals surface area contributed by atoms with Crippen molar-refractivity contribution in [1.29, 1.82) is 5.26 Å². The lowest BCUT2D eigenvalue weighted by molar-refractivity contribution is 1.00. The molecule has 2 aromatic heterocycles. The van der Waals surface area contributed by atoms with Crippen molar-refractivity contribution in [2.45, 2.75) is 19.0 Å². The van der Waals surface area contributed by atoms with Gasteiger partial charge in [-0.15, -0.1) is 0 Å². The van der Waals surface area contributed by atoms with Gasteiger partial charge in [0, 0.05) is 11.8 Å². The van der Waals surface area contributed by atoms with Crippen molar-refractivity contribution in [2.75, 3.05) is 6.26 Å². The van der Waals surface area contributed by atoms with Crippen LogP contribution in [0.3, 0.4) is 0 Å². The lowest BCUT2D eigenvalue weighted by atomic mass is 10.00. The van der Waals surface area contributed by atoms with Gasteiger partial charge in [-0.25, -0.2) is 9.97 Å². The predicted octanol–water partition coefficient (Wildman–Crippen LogP) is 3.84. The van der Waals surface area contributed by atoms with Gasteiger partial charge in [-0.2, -0.15) is 5.26 Å². The summed E-state index contributed by atoms with van der Waals surface area (Å²) in [4.78, 5) is 12.2. The van der Waals surface area contributed by atoms with Gasteiger partial charge in [-0.1, -0.05) is 35.5 Å². The molecule has 104 valence electrons. The van der Waals surface area contributed by atoms with E-state index in [4.69, 9.17) is 0 Å². The summed E-state index contributed by atoms with van der Waals surface area (Å²) >= 11 is 1.49. The minimum absolute atomic E-state index is 0.577. The number of aromatic nitrogens is 3. The molecular formula is C16H14N4S. The summed E-state index contributed by atoms with van der Waals surface area (Å²) in [6.45, 7) is 4.13. The van der Waals surface area contributed by atoms with Crippen LogP contribution >= 0.6 is 11.8 Å². The monoisotopic (exact) mass is 294 g/mol. The van der Waals surface area contributed by atoms with E-state index in [2.05, 4.69) is 53.1 Å². The Kier molecular flexibility index (Phi) is 3.40. The van der Waals surface area contributed by atoms with E-state index in [1.165, 1.54) is 17.3 Å². The summed E-state index contributed by atoms with van der Waals surface area (Å²) in [5.74, 6) is 0. The van der Waals surface area contributed by atoms with Crippen LogP contribution in [0.4, 0.5) is 0 Å². The van der Waals surface area contributed by atoms with Crippen LogP contribution in [0, 0.1) is 25.2 Å². The number of fused-ring (bicyclic) bond motifs is 1. The summed E-state index contributed by atoms with van der Waals surface area (Å²) in [7, 11) is 0. The number of nitrogens with one attached hydrogen (secondary N) is 1. The standard InChI is InChI=1S/C16H14N4S/c1-9-4-5-12(10(2)6-9)14-13-11(7-17)8-18-15(13)20-16(19-14)21-3/h4-6,8H,1-3H3,(H,18,19,20). The quantitative estimate of drug-likeness (QED) is 0.576. The third kappa shape index (κ3) is 2.28. The topological polar surface area (TPSA) is 65.4 Å². The minimum Gasteiger partial charge on any atom is -0.345 e. The molecule has 3 rings (SSSR count). The van der Waals surface area contributed by atoms with Crippen molar-refractivity contribution in [1.82, 2.24) is 15.0 Å². The molecule has 0 radical (unpaired) electrons. The third-order valence-corrected chi connectivity index (χ3v) is 4.00. The number of hydrogen-bond acceptors (Lipinski definition) is 4. The van der Waals surface area contributed by atoms with Gasteiger partial charge >= 0.3 is 0 Å². The zero-order valence-corrected chi connectivity index (χ0v) is 12.9. The second kappa shape index (κ2) is 5.23. The SMILES string of the molecule is CSc1nc(-c2ccc(C)cc2C)c2c(C#N)c[nH]c2n1. The molecule has 0 aliphatic carbocycles. The molecule has 3 aromatic rings. The Balaban J connectivity index is 2.39. The lowest BCUT2D eigenvalue weighted by Crippen LogP contribution is -1.95. The molecule has 0 aliphatic rings. The van der Waals surface area contributed by atoms with Crippen LogP contribution in [0.15, 0.2) is 29.6 Å². The molecule has 0 unspecified atom stereocenters. The Morgan fingerprint density at radius 2 is 2.05 bits per heavy atom. The molecule has 2 heterocycles. The molecule has 0 atom stereocenters. The van der Waals surface area contributed by atoms with E-state index < -0.39 is 0 Å². The Hall–Kier alpha value is -2.32. The van der Waals surface area contributed by atoms with E-state index in [9.17, 15) is 5.26 Å². The number of nitriles is 1. The molecule has 0 bridgehead atoms. The van der Waals surface area contributed by atoms with Gasteiger partial charge in [0.2, 0.25) is 0 Å². The largest absolute Gasteiger partial charge is 0.345 e. The zero-order valence-electron chi connectivity index (χ0n) is 12.1. The van der Waals surface area contributed by atoms with E-state index in [0.717, 1.165) is 22.2 Å². The van der Waals surface area contributed by atoms with Gasteiger partial charge in [0.15, 0.2) is 5.16 Å². The molecule has 0 spiro atoms. The summed E-state index contributed by atoms with van der Waals surface area (Å²) in [5, 5.41) is 10.8. The van der Waals surface area contributed by atoms with Crippen molar-refractivity contribution in [3.8, 4) is 17.3 Å². The average molecular weight is 294 g/mol. The maximum Gasteiger partial charge on any atom is 0.189 e. The molecule has 5 heteroatoms. The highest BCUT2D eigenvalue weighted by molar-refractivity contribution is 7.98. The molecule has 1 aromatic carbocycles. The van der Waals surface area contributed by atoms with E-state index in [1.807, 2.05) is 6.26 Å². The van der Waals surface area contributed by atoms with Crippen molar-refractivity contribution in [2.24, 2.45) is 0 Å². The molecule has 0 saturated heterocycles. The molecule has 4 nitrogen and oxygen atoms in total. The fraction of sp³-hybridized carbons (Fsp3) is 0.188. The molecule has 21 heavy (non-hydrogen) atoms. The van der Waals surface area contributed by atoms with Crippen LogP contribution in [0.25, 0.3) is 22.3 Å². The van der Waals surface area contributed by atoms with E-state index >= 15 is 0 Å². The van der Waals surface area contributed by atoms with Gasteiger partial charge in [-0.05, 0) is 25.7 Å². The first-order valence-corrected chi connectivity index (χ1v) is 7.77. The Morgan fingerprint density at radius 1 is 1.24 bits per heavy atom. The number of benzene rings is 1. The van der Waals surface area contributed by atoms with Crippen molar-refractivity contribution >= 4 is 22.8 Å². The number of nitrogens with zero attached hydrogens (tertiary/aromatic N) is 3. The number of H-pyrrole nitrogens is 1. The fourth-order valence-electron chi connectivity index (χ4n) is 2.47. The van der Waals surface area contributed by atoms with Crippen LogP contribution in [0.5, 0.6) is 0 Å². The van der Waals surface area contributed by atoms with Crippen molar-refractivity contribution < 1.29 is 0 Å². The van der Waals surface area contributed by atoms with Crippen LogP contribution in [-0.4, -0.2) is 21.2 Å². The van der Waals surface area contributed by atoms with Crippen LogP contribution < -0.4 is 0 Å².